The Morgan fingerprint density at radius 1 is 0.941 bits per heavy atom. The maximum Gasteiger partial charge on any atom is 0.258 e. The molecule has 1 aliphatic rings. The summed E-state index contributed by atoms with van der Waals surface area (Å²) in [4.78, 5) is 18.4. The number of ether oxygens (including phenoxy) is 2. The number of likely N-dealkylation sites (tertiary alicyclic amines) is 1. The molecule has 0 N–H and O–H groups in total. The molecule has 1 amide bonds. The second kappa shape index (κ2) is 10.7. The van der Waals surface area contributed by atoms with Crippen LogP contribution in [0.2, 0.25) is 0 Å². The number of hydrogen-bond acceptors (Lipinski definition) is 4. The molecule has 0 aliphatic carbocycles. The van der Waals surface area contributed by atoms with Crippen molar-refractivity contribution in [3.8, 4) is 22.6 Å². The van der Waals surface area contributed by atoms with E-state index in [1.54, 1.807) is 26.4 Å². The number of nitrogens with zero attached hydrogens (tertiary/aromatic N) is 2. The molecule has 1 saturated heterocycles. The van der Waals surface area contributed by atoms with Gasteiger partial charge in [0.2, 0.25) is 0 Å². The smallest absolute Gasteiger partial charge is 0.258 e. The molecule has 3 aromatic rings. The molecule has 0 aromatic heterocycles. The summed E-state index contributed by atoms with van der Waals surface area (Å²) in [5, 5.41) is 0. The number of benzene rings is 3. The quantitative estimate of drug-likeness (QED) is 0.422. The van der Waals surface area contributed by atoms with Crippen molar-refractivity contribution >= 4 is 11.6 Å². The Kier molecular flexibility index (Phi) is 7.53. The first-order valence-electron chi connectivity index (χ1n) is 12.0. The van der Waals surface area contributed by atoms with E-state index in [-0.39, 0.29) is 5.91 Å². The third-order valence-electron chi connectivity index (χ3n) is 6.62. The molecule has 1 heterocycles. The van der Waals surface area contributed by atoms with Gasteiger partial charge in [-0.2, -0.15) is 0 Å². The van der Waals surface area contributed by atoms with Gasteiger partial charge in [-0.25, -0.2) is 0 Å². The number of carbonyl (C=O) groups is 1. The van der Waals surface area contributed by atoms with Gasteiger partial charge >= 0.3 is 0 Å². The highest BCUT2D eigenvalue weighted by atomic mass is 16.5. The van der Waals surface area contributed by atoms with Crippen molar-refractivity contribution in [2.24, 2.45) is 0 Å². The molecule has 1 atom stereocenters. The van der Waals surface area contributed by atoms with Crippen LogP contribution in [-0.4, -0.2) is 50.2 Å². The minimum absolute atomic E-state index is 0.0400. The van der Waals surface area contributed by atoms with Crippen molar-refractivity contribution in [2.75, 3.05) is 32.2 Å². The summed E-state index contributed by atoms with van der Waals surface area (Å²) in [6, 6.07) is 24.7. The van der Waals surface area contributed by atoms with Crippen LogP contribution in [0.15, 0.2) is 72.8 Å². The molecular formula is C29H34N2O3. The first-order chi connectivity index (χ1) is 16.5. The number of carbonyl (C=O) groups excluding carboxylic acids is 1. The van der Waals surface area contributed by atoms with Crippen molar-refractivity contribution in [3.05, 3.63) is 78.4 Å². The lowest BCUT2D eigenvalue weighted by Crippen LogP contribution is -2.45. The van der Waals surface area contributed by atoms with Gasteiger partial charge in [0, 0.05) is 29.9 Å². The standard InChI is InChI=1S/C29H34N2O3/c1-21(2)30-17-9-14-26(30)20-31(29(32)24-15-16-27(33-3)28(19-24)34-4)25-13-8-12-23(18-25)22-10-6-5-7-11-22/h5-8,10-13,15-16,18-19,21,26H,9,14,17,20H2,1-4H3. The minimum Gasteiger partial charge on any atom is -0.493 e. The minimum atomic E-state index is -0.0400. The van der Waals surface area contributed by atoms with E-state index < -0.39 is 0 Å². The Bertz CT molecular complexity index is 1110. The number of rotatable bonds is 8. The monoisotopic (exact) mass is 458 g/mol. The second-order valence-electron chi connectivity index (χ2n) is 9.03. The van der Waals surface area contributed by atoms with Crippen LogP contribution in [0.5, 0.6) is 11.5 Å². The molecule has 1 aliphatic heterocycles. The maximum absolute atomic E-state index is 13.9. The fourth-order valence-electron chi connectivity index (χ4n) is 4.86. The van der Waals surface area contributed by atoms with Crippen LogP contribution in [0.25, 0.3) is 11.1 Å². The van der Waals surface area contributed by atoms with Gasteiger partial charge in [-0.1, -0.05) is 42.5 Å². The number of methoxy groups -OCH3 is 2. The Labute approximate surface area is 202 Å². The van der Waals surface area contributed by atoms with Gasteiger partial charge in [0.05, 0.1) is 14.2 Å². The summed E-state index contributed by atoms with van der Waals surface area (Å²) in [5.74, 6) is 1.12. The topological polar surface area (TPSA) is 42.0 Å². The van der Waals surface area contributed by atoms with Gasteiger partial charge in [-0.15, -0.1) is 0 Å². The van der Waals surface area contributed by atoms with E-state index in [2.05, 4.69) is 43.0 Å². The van der Waals surface area contributed by atoms with Crippen LogP contribution in [0.3, 0.4) is 0 Å². The SMILES string of the molecule is COc1ccc(C(=O)N(CC2CCCN2C(C)C)c2cccc(-c3ccccc3)c2)cc1OC. The molecule has 0 spiro atoms. The lowest BCUT2D eigenvalue weighted by Gasteiger charge is -2.33. The van der Waals surface area contributed by atoms with E-state index in [0.29, 0.717) is 35.7 Å². The first kappa shape index (κ1) is 23.8. The average molecular weight is 459 g/mol. The molecule has 34 heavy (non-hydrogen) atoms. The fourth-order valence-corrected chi connectivity index (χ4v) is 4.86. The average Bonchev–Trinajstić information content (AvgIpc) is 3.36. The summed E-state index contributed by atoms with van der Waals surface area (Å²) in [6.45, 7) is 6.18. The van der Waals surface area contributed by atoms with E-state index in [1.165, 1.54) is 0 Å². The third-order valence-corrected chi connectivity index (χ3v) is 6.62. The maximum atomic E-state index is 13.9. The van der Waals surface area contributed by atoms with Crippen molar-refractivity contribution in [3.63, 3.8) is 0 Å². The lowest BCUT2D eigenvalue weighted by atomic mass is 10.0. The highest BCUT2D eigenvalue weighted by Gasteiger charge is 2.31. The van der Waals surface area contributed by atoms with Gasteiger partial charge in [0.25, 0.3) is 5.91 Å². The summed E-state index contributed by atoms with van der Waals surface area (Å²) in [7, 11) is 3.19. The molecule has 3 aromatic carbocycles. The predicted molar refractivity (Wildman–Crippen MR) is 138 cm³/mol. The Balaban J connectivity index is 1.73. The molecule has 5 heteroatoms. The molecule has 0 radical (unpaired) electrons. The van der Waals surface area contributed by atoms with E-state index in [1.807, 2.05) is 41.3 Å². The molecular weight excluding hydrogens is 424 g/mol. The van der Waals surface area contributed by atoms with Crippen LogP contribution >= 0.6 is 0 Å². The number of amides is 1. The zero-order chi connectivity index (χ0) is 24.1. The number of anilines is 1. The molecule has 1 fully saturated rings. The van der Waals surface area contributed by atoms with E-state index in [0.717, 1.165) is 36.2 Å². The second-order valence-corrected chi connectivity index (χ2v) is 9.03. The Hall–Kier alpha value is -3.31. The largest absolute Gasteiger partial charge is 0.493 e. The summed E-state index contributed by atoms with van der Waals surface area (Å²) >= 11 is 0. The van der Waals surface area contributed by atoms with Crippen molar-refractivity contribution in [1.29, 1.82) is 0 Å². The van der Waals surface area contributed by atoms with Gasteiger partial charge in [-0.3, -0.25) is 9.69 Å². The lowest BCUT2D eigenvalue weighted by molar-refractivity contribution is 0.0974. The van der Waals surface area contributed by atoms with E-state index in [4.69, 9.17) is 9.47 Å². The first-order valence-corrected chi connectivity index (χ1v) is 12.0. The molecule has 5 nitrogen and oxygen atoms in total. The number of hydrogen-bond donors (Lipinski definition) is 0. The molecule has 0 bridgehead atoms. The van der Waals surface area contributed by atoms with Gasteiger partial charge in [-0.05, 0) is 74.7 Å². The van der Waals surface area contributed by atoms with Crippen LogP contribution in [0.4, 0.5) is 5.69 Å². The summed E-state index contributed by atoms with van der Waals surface area (Å²) in [6.07, 6.45) is 2.25. The highest BCUT2D eigenvalue weighted by Crippen LogP contribution is 2.31. The van der Waals surface area contributed by atoms with Crippen LogP contribution in [0.1, 0.15) is 37.0 Å². The van der Waals surface area contributed by atoms with Crippen LogP contribution in [-0.2, 0) is 0 Å². The van der Waals surface area contributed by atoms with Gasteiger partial charge < -0.3 is 14.4 Å². The van der Waals surface area contributed by atoms with Crippen LogP contribution in [0, 0.1) is 0 Å². The molecule has 178 valence electrons. The highest BCUT2D eigenvalue weighted by molar-refractivity contribution is 6.06. The molecule has 4 rings (SSSR count). The molecule has 1 unspecified atom stereocenters. The molecule has 0 saturated carbocycles. The summed E-state index contributed by atoms with van der Waals surface area (Å²) < 4.78 is 10.8. The Morgan fingerprint density at radius 3 is 2.38 bits per heavy atom. The van der Waals surface area contributed by atoms with Crippen molar-refractivity contribution in [2.45, 2.75) is 38.8 Å². The Morgan fingerprint density at radius 2 is 1.68 bits per heavy atom. The zero-order valence-electron chi connectivity index (χ0n) is 20.5. The fraction of sp³-hybridized carbons (Fsp3) is 0.345. The summed E-state index contributed by atoms with van der Waals surface area (Å²) in [5.41, 5.74) is 3.71. The van der Waals surface area contributed by atoms with Crippen molar-refractivity contribution < 1.29 is 14.3 Å². The normalized spacial score (nSPS) is 16.0. The third kappa shape index (κ3) is 5.10. The van der Waals surface area contributed by atoms with E-state index in [9.17, 15) is 4.79 Å². The van der Waals surface area contributed by atoms with Crippen molar-refractivity contribution in [1.82, 2.24) is 4.90 Å². The van der Waals surface area contributed by atoms with Gasteiger partial charge in [0.15, 0.2) is 11.5 Å². The van der Waals surface area contributed by atoms with Crippen LogP contribution < -0.4 is 14.4 Å². The zero-order valence-corrected chi connectivity index (χ0v) is 20.5. The van der Waals surface area contributed by atoms with E-state index >= 15 is 0 Å². The predicted octanol–water partition coefficient (Wildman–Crippen LogP) is 5.89. The van der Waals surface area contributed by atoms with Gasteiger partial charge in [0.1, 0.15) is 0 Å².